The normalized spacial score (nSPS) is 15.1. The Morgan fingerprint density at radius 2 is 2.05 bits per heavy atom. The maximum Gasteiger partial charge on any atom is 0.267 e. The molecule has 0 aliphatic carbocycles. The van der Waals surface area contributed by atoms with Gasteiger partial charge in [-0.1, -0.05) is 24.3 Å². The molecule has 2 aromatic carbocycles. The predicted molar refractivity (Wildman–Crippen MR) is 83.6 cm³/mol. The number of rotatable bonds is 3. The molecule has 0 spiro atoms. The summed E-state index contributed by atoms with van der Waals surface area (Å²) in [5.41, 5.74) is 2.13. The van der Waals surface area contributed by atoms with Crippen molar-refractivity contribution in [3.05, 3.63) is 59.9 Å². The number of fused-ring (bicyclic) bond motifs is 1. The fraction of sp³-hybridized carbons (Fsp3) is 0.278. The zero-order valence-corrected chi connectivity index (χ0v) is 12.5. The first kappa shape index (κ1) is 14.6. The van der Waals surface area contributed by atoms with Crippen LogP contribution in [0.25, 0.3) is 0 Å². The summed E-state index contributed by atoms with van der Waals surface area (Å²) >= 11 is 0. The third-order valence-corrected chi connectivity index (χ3v) is 3.83. The third-order valence-electron chi connectivity index (χ3n) is 3.83. The van der Waals surface area contributed by atoms with E-state index >= 15 is 0 Å². The van der Waals surface area contributed by atoms with Gasteiger partial charge in [0.1, 0.15) is 11.6 Å². The molecule has 0 N–H and O–H groups in total. The molecular weight excluding hydrogens is 281 g/mol. The number of ether oxygens (including phenoxy) is 1. The van der Waals surface area contributed by atoms with Crippen LogP contribution in [0.4, 0.5) is 10.1 Å². The lowest BCUT2D eigenvalue weighted by Gasteiger charge is -2.31. The molecule has 2 aromatic rings. The maximum absolute atomic E-state index is 13.2. The average molecular weight is 299 g/mol. The fourth-order valence-corrected chi connectivity index (χ4v) is 2.78. The summed E-state index contributed by atoms with van der Waals surface area (Å²) in [6.07, 6.45) is 1.27. The Bertz CT molecular complexity index is 686. The number of amides is 1. The molecule has 114 valence electrons. The molecule has 22 heavy (non-hydrogen) atoms. The van der Waals surface area contributed by atoms with Crippen molar-refractivity contribution in [1.82, 2.24) is 0 Å². The first-order chi connectivity index (χ1) is 10.6. The molecule has 3 rings (SSSR count). The summed E-state index contributed by atoms with van der Waals surface area (Å²) in [6, 6.07) is 13.8. The lowest BCUT2D eigenvalue weighted by molar-refractivity contribution is -0.124. The Balaban J connectivity index is 1.77. The number of nitrogens with zero attached hydrogens (tertiary/aromatic N) is 1. The number of halogens is 1. The van der Waals surface area contributed by atoms with Crippen molar-refractivity contribution in [1.29, 1.82) is 0 Å². The molecule has 1 amide bonds. The number of benzene rings is 2. The largest absolute Gasteiger partial charge is 0.481 e. The summed E-state index contributed by atoms with van der Waals surface area (Å²) in [5.74, 6) is -0.108. The van der Waals surface area contributed by atoms with Gasteiger partial charge in [-0.05, 0) is 43.5 Å². The van der Waals surface area contributed by atoms with Gasteiger partial charge in [-0.3, -0.25) is 4.79 Å². The Kier molecular flexibility index (Phi) is 4.09. The van der Waals surface area contributed by atoms with Crippen LogP contribution in [0.2, 0.25) is 0 Å². The van der Waals surface area contributed by atoms with Gasteiger partial charge < -0.3 is 9.64 Å². The summed E-state index contributed by atoms with van der Waals surface area (Å²) < 4.78 is 18.8. The first-order valence-corrected chi connectivity index (χ1v) is 7.46. The van der Waals surface area contributed by atoms with Gasteiger partial charge in [0.15, 0.2) is 6.10 Å². The number of para-hydroxylation sites is 1. The van der Waals surface area contributed by atoms with Crippen LogP contribution in [0.1, 0.15) is 18.9 Å². The average Bonchev–Trinajstić information content (AvgIpc) is 2.53. The van der Waals surface area contributed by atoms with Gasteiger partial charge in [0.05, 0.1) is 0 Å². The SMILES string of the molecule is CC(Oc1cccc(F)c1)C(=O)N1CCCc2ccccc21. The highest BCUT2D eigenvalue weighted by atomic mass is 19.1. The van der Waals surface area contributed by atoms with Crippen molar-refractivity contribution < 1.29 is 13.9 Å². The Labute approximate surface area is 129 Å². The van der Waals surface area contributed by atoms with Crippen LogP contribution in [-0.2, 0) is 11.2 Å². The molecule has 0 fully saturated rings. The van der Waals surface area contributed by atoms with E-state index in [0.717, 1.165) is 18.5 Å². The topological polar surface area (TPSA) is 29.5 Å². The molecule has 1 aliphatic rings. The van der Waals surface area contributed by atoms with Gasteiger partial charge in [-0.25, -0.2) is 4.39 Å². The highest BCUT2D eigenvalue weighted by Crippen LogP contribution is 2.27. The lowest BCUT2D eigenvalue weighted by Crippen LogP contribution is -2.43. The maximum atomic E-state index is 13.2. The van der Waals surface area contributed by atoms with Crippen LogP contribution in [0.3, 0.4) is 0 Å². The minimum atomic E-state index is -0.659. The zero-order valence-electron chi connectivity index (χ0n) is 12.5. The van der Waals surface area contributed by atoms with Gasteiger partial charge in [-0.15, -0.1) is 0 Å². The van der Waals surface area contributed by atoms with E-state index in [4.69, 9.17) is 4.74 Å². The molecular formula is C18H18FNO2. The summed E-state index contributed by atoms with van der Waals surface area (Å²) in [6.45, 7) is 2.39. The third kappa shape index (κ3) is 2.96. The highest BCUT2D eigenvalue weighted by Gasteiger charge is 2.27. The summed E-state index contributed by atoms with van der Waals surface area (Å²) in [5, 5.41) is 0. The smallest absolute Gasteiger partial charge is 0.267 e. The molecule has 1 aliphatic heterocycles. The molecule has 4 heteroatoms. The molecule has 0 aromatic heterocycles. The van der Waals surface area contributed by atoms with E-state index in [-0.39, 0.29) is 11.7 Å². The molecule has 1 atom stereocenters. The predicted octanol–water partition coefficient (Wildman–Crippen LogP) is 3.57. The first-order valence-electron chi connectivity index (χ1n) is 7.46. The van der Waals surface area contributed by atoms with Gasteiger partial charge in [-0.2, -0.15) is 0 Å². The molecule has 1 unspecified atom stereocenters. The summed E-state index contributed by atoms with van der Waals surface area (Å²) in [4.78, 5) is 14.4. The molecule has 1 heterocycles. The number of hydrogen-bond acceptors (Lipinski definition) is 2. The quantitative estimate of drug-likeness (QED) is 0.867. The Morgan fingerprint density at radius 1 is 1.23 bits per heavy atom. The van der Waals surface area contributed by atoms with Gasteiger partial charge in [0.2, 0.25) is 0 Å². The monoisotopic (exact) mass is 299 g/mol. The molecule has 3 nitrogen and oxygen atoms in total. The Hall–Kier alpha value is -2.36. The highest BCUT2D eigenvalue weighted by molar-refractivity contribution is 5.97. The number of hydrogen-bond donors (Lipinski definition) is 0. The van der Waals surface area contributed by atoms with Crippen LogP contribution < -0.4 is 9.64 Å². The zero-order chi connectivity index (χ0) is 15.5. The van der Waals surface area contributed by atoms with E-state index in [9.17, 15) is 9.18 Å². The lowest BCUT2D eigenvalue weighted by atomic mass is 10.0. The van der Waals surface area contributed by atoms with Crippen molar-refractivity contribution in [2.45, 2.75) is 25.9 Å². The van der Waals surface area contributed by atoms with Crippen LogP contribution in [0.5, 0.6) is 5.75 Å². The van der Waals surface area contributed by atoms with Gasteiger partial charge >= 0.3 is 0 Å². The minimum Gasteiger partial charge on any atom is -0.481 e. The van der Waals surface area contributed by atoms with Gasteiger partial charge in [0.25, 0.3) is 5.91 Å². The van der Waals surface area contributed by atoms with Crippen molar-refractivity contribution >= 4 is 11.6 Å². The Morgan fingerprint density at radius 3 is 2.86 bits per heavy atom. The van der Waals surface area contributed by atoms with Crippen LogP contribution in [0.15, 0.2) is 48.5 Å². The van der Waals surface area contributed by atoms with E-state index in [1.807, 2.05) is 24.3 Å². The van der Waals surface area contributed by atoms with Gasteiger partial charge in [0, 0.05) is 18.3 Å². The second kappa shape index (κ2) is 6.18. The van der Waals surface area contributed by atoms with E-state index < -0.39 is 6.10 Å². The summed E-state index contributed by atoms with van der Waals surface area (Å²) in [7, 11) is 0. The number of anilines is 1. The van der Waals surface area contributed by atoms with Crippen molar-refractivity contribution in [2.24, 2.45) is 0 Å². The second-order valence-electron chi connectivity index (χ2n) is 5.44. The van der Waals surface area contributed by atoms with Crippen LogP contribution in [-0.4, -0.2) is 18.6 Å². The molecule has 0 radical (unpaired) electrons. The molecule has 0 saturated heterocycles. The fourth-order valence-electron chi connectivity index (χ4n) is 2.78. The number of aryl methyl sites for hydroxylation is 1. The second-order valence-corrected chi connectivity index (χ2v) is 5.44. The van der Waals surface area contributed by atoms with E-state index in [1.54, 1.807) is 24.0 Å². The minimum absolute atomic E-state index is 0.101. The van der Waals surface area contributed by atoms with E-state index in [1.165, 1.54) is 17.7 Å². The molecule has 0 bridgehead atoms. The molecule has 0 saturated carbocycles. The van der Waals surface area contributed by atoms with Crippen LogP contribution >= 0.6 is 0 Å². The van der Waals surface area contributed by atoms with Crippen molar-refractivity contribution in [2.75, 3.05) is 11.4 Å². The van der Waals surface area contributed by atoms with E-state index in [2.05, 4.69) is 0 Å². The number of carbonyl (C=O) groups excluding carboxylic acids is 1. The number of carbonyl (C=O) groups is 1. The standard InChI is InChI=1S/C18H18FNO2/c1-13(22-16-9-4-8-15(19)12-16)18(21)20-11-5-7-14-6-2-3-10-17(14)20/h2-4,6,8-10,12-13H,5,7,11H2,1H3. The van der Waals surface area contributed by atoms with Crippen molar-refractivity contribution in [3.63, 3.8) is 0 Å². The van der Waals surface area contributed by atoms with E-state index in [0.29, 0.717) is 12.3 Å². The van der Waals surface area contributed by atoms with Crippen molar-refractivity contribution in [3.8, 4) is 5.75 Å². The van der Waals surface area contributed by atoms with Crippen LogP contribution in [0, 0.1) is 5.82 Å².